The largest absolute Gasteiger partial charge is 0.351 e. The zero-order chi connectivity index (χ0) is 9.97. The molecule has 1 aliphatic heterocycles. The van der Waals surface area contributed by atoms with E-state index in [-0.39, 0.29) is 23.2 Å². The first-order chi connectivity index (χ1) is 6.77. The predicted molar refractivity (Wildman–Crippen MR) is 59.2 cm³/mol. The van der Waals surface area contributed by atoms with Crippen LogP contribution in [0.1, 0.15) is 32.1 Å². The van der Waals surface area contributed by atoms with Gasteiger partial charge in [0.25, 0.3) is 0 Å². The van der Waals surface area contributed by atoms with Crippen LogP contribution in [0.25, 0.3) is 0 Å². The van der Waals surface area contributed by atoms with Gasteiger partial charge in [-0.3, -0.25) is 4.79 Å². The third-order valence-corrected chi connectivity index (χ3v) is 4.50. The summed E-state index contributed by atoms with van der Waals surface area (Å²) in [6, 6.07) is 0.425. The van der Waals surface area contributed by atoms with E-state index in [2.05, 4.69) is 5.32 Å². The number of hydrogen-bond acceptors (Lipinski definition) is 3. The fraction of sp³-hybridized carbons (Fsp3) is 0.900. The maximum atomic E-state index is 11.8. The van der Waals surface area contributed by atoms with Crippen LogP contribution in [0.15, 0.2) is 0 Å². The van der Waals surface area contributed by atoms with Gasteiger partial charge in [-0.2, -0.15) is 0 Å². The highest BCUT2D eigenvalue weighted by molar-refractivity contribution is 8.00. The van der Waals surface area contributed by atoms with Crippen molar-refractivity contribution in [3.05, 3.63) is 0 Å². The van der Waals surface area contributed by atoms with Crippen molar-refractivity contribution in [3.63, 3.8) is 0 Å². The lowest BCUT2D eigenvalue weighted by Crippen LogP contribution is -2.46. The minimum absolute atomic E-state index is 0.186. The molecule has 0 radical (unpaired) electrons. The summed E-state index contributed by atoms with van der Waals surface area (Å²) in [4.78, 5) is 11.8. The van der Waals surface area contributed by atoms with Gasteiger partial charge in [-0.1, -0.05) is 0 Å². The molecule has 1 saturated carbocycles. The summed E-state index contributed by atoms with van der Waals surface area (Å²) in [5.74, 6) is 1.35. The van der Waals surface area contributed by atoms with Gasteiger partial charge in [0, 0.05) is 12.1 Å². The number of nitrogens with two attached hydrogens (primary N) is 1. The summed E-state index contributed by atoms with van der Waals surface area (Å²) in [6.45, 7) is 0. The summed E-state index contributed by atoms with van der Waals surface area (Å²) in [5.41, 5.74) is 5.90. The van der Waals surface area contributed by atoms with Crippen LogP contribution < -0.4 is 11.1 Å². The lowest BCUT2D eigenvalue weighted by molar-refractivity contribution is -0.121. The Kier molecular flexibility index (Phi) is 3.34. The molecule has 2 aliphatic rings. The van der Waals surface area contributed by atoms with Gasteiger partial charge >= 0.3 is 0 Å². The van der Waals surface area contributed by atoms with Crippen LogP contribution in [0.5, 0.6) is 0 Å². The van der Waals surface area contributed by atoms with Crippen molar-refractivity contribution >= 4 is 17.7 Å². The van der Waals surface area contributed by atoms with E-state index in [1.807, 2.05) is 0 Å². The van der Waals surface area contributed by atoms with E-state index in [4.69, 9.17) is 5.73 Å². The van der Waals surface area contributed by atoms with Crippen LogP contribution in [-0.4, -0.2) is 29.0 Å². The Morgan fingerprint density at radius 2 is 2.14 bits per heavy atom. The molecule has 1 amide bonds. The highest BCUT2D eigenvalue weighted by Gasteiger charge is 2.29. The number of hydrogen-bond donors (Lipinski definition) is 2. The number of carbonyl (C=O) groups excluding carboxylic acids is 1. The molecule has 3 nitrogen and oxygen atoms in total. The fourth-order valence-electron chi connectivity index (χ4n) is 2.23. The van der Waals surface area contributed by atoms with Crippen molar-refractivity contribution in [1.82, 2.24) is 5.32 Å². The lowest BCUT2D eigenvalue weighted by Gasteiger charge is -2.19. The second kappa shape index (κ2) is 4.53. The Morgan fingerprint density at radius 1 is 1.29 bits per heavy atom. The van der Waals surface area contributed by atoms with Crippen molar-refractivity contribution in [2.45, 2.75) is 49.4 Å². The molecule has 2 fully saturated rings. The van der Waals surface area contributed by atoms with E-state index in [0.29, 0.717) is 0 Å². The van der Waals surface area contributed by atoms with Crippen molar-refractivity contribution < 1.29 is 4.79 Å². The van der Waals surface area contributed by atoms with Gasteiger partial charge in [0.05, 0.1) is 5.25 Å². The minimum Gasteiger partial charge on any atom is -0.351 e. The average Bonchev–Trinajstić information content (AvgIpc) is 2.77. The van der Waals surface area contributed by atoms with E-state index >= 15 is 0 Å². The van der Waals surface area contributed by atoms with Gasteiger partial charge in [0.15, 0.2) is 0 Å². The third kappa shape index (κ3) is 2.23. The van der Waals surface area contributed by atoms with E-state index in [9.17, 15) is 4.79 Å². The second-order valence-corrected chi connectivity index (χ2v) is 5.52. The monoisotopic (exact) mass is 214 g/mol. The predicted octanol–water partition coefficient (Wildman–Crippen LogP) is 0.878. The molecule has 0 aromatic carbocycles. The van der Waals surface area contributed by atoms with E-state index < -0.39 is 0 Å². The molecular weight excluding hydrogens is 196 g/mol. The standard InChI is InChI=1S/C10H18N2OS/c11-7-3-1-4-8(7)12-10(13)9-5-2-6-14-9/h7-9H,1-6,11H2,(H,12,13). The number of thioether (sulfide) groups is 1. The molecule has 0 aromatic heterocycles. The number of amides is 1. The number of carbonyl (C=O) groups is 1. The van der Waals surface area contributed by atoms with Gasteiger partial charge in [-0.25, -0.2) is 0 Å². The van der Waals surface area contributed by atoms with Crippen molar-refractivity contribution in [1.29, 1.82) is 0 Å². The van der Waals surface area contributed by atoms with Crippen LogP contribution >= 0.6 is 11.8 Å². The van der Waals surface area contributed by atoms with Crippen LogP contribution in [0.3, 0.4) is 0 Å². The first kappa shape index (κ1) is 10.3. The van der Waals surface area contributed by atoms with Crippen LogP contribution in [0, 0.1) is 0 Å². The van der Waals surface area contributed by atoms with Crippen LogP contribution in [-0.2, 0) is 4.79 Å². The van der Waals surface area contributed by atoms with E-state index in [1.54, 1.807) is 11.8 Å². The van der Waals surface area contributed by atoms with Gasteiger partial charge < -0.3 is 11.1 Å². The molecule has 0 spiro atoms. The molecule has 4 heteroatoms. The molecule has 0 bridgehead atoms. The fourth-order valence-corrected chi connectivity index (χ4v) is 3.40. The quantitative estimate of drug-likeness (QED) is 0.717. The summed E-state index contributed by atoms with van der Waals surface area (Å²) in [7, 11) is 0. The molecule has 3 N–H and O–H groups in total. The molecular formula is C10H18N2OS. The maximum Gasteiger partial charge on any atom is 0.233 e. The topological polar surface area (TPSA) is 55.1 Å². The molecule has 1 heterocycles. The Morgan fingerprint density at radius 3 is 2.71 bits per heavy atom. The van der Waals surface area contributed by atoms with Gasteiger partial charge in [-0.05, 0) is 37.9 Å². The second-order valence-electron chi connectivity index (χ2n) is 4.21. The zero-order valence-corrected chi connectivity index (χ0v) is 9.19. The summed E-state index contributed by atoms with van der Waals surface area (Å²) in [5, 5.41) is 3.28. The van der Waals surface area contributed by atoms with Crippen molar-refractivity contribution in [2.75, 3.05) is 5.75 Å². The normalized spacial score (nSPS) is 37.4. The number of rotatable bonds is 2. The molecule has 14 heavy (non-hydrogen) atoms. The van der Waals surface area contributed by atoms with E-state index in [1.165, 1.54) is 6.42 Å². The van der Waals surface area contributed by atoms with Crippen molar-refractivity contribution in [2.24, 2.45) is 5.73 Å². The van der Waals surface area contributed by atoms with Gasteiger partial charge in [0.1, 0.15) is 0 Å². The highest BCUT2D eigenvalue weighted by Crippen LogP contribution is 2.27. The Labute approximate surface area is 89.2 Å². The SMILES string of the molecule is NC1CCCC1NC(=O)C1CCCS1. The number of nitrogens with one attached hydrogen (secondary N) is 1. The Hall–Kier alpha value is -0.220. The van der Waals surface area contributed by atoms with Gasteiger partial charge in [-0.15, -0.1) is 11.8 Å². The molecule has 2 rings (SSSR count). The first-order valence-corrected chi connectivity index (χ1v) is 6.50. The summed E-state index contributed by atoms with van der Waals surface area (Å²) < 4.78 is 0. The third-order valence-electron chi connectivity index (χ3n) is 3.12. The first-order valence-electron chi connectivity index (χ1n) is 5.45. The summed E-state index contributed by atoms with van der Waals surface area (Å²) >= 11 is 1.78. The Balaban J connectivity index is 1.81. The maximum absolute atomic E-state index is 11.8. The summed E-state index contributed by atoms with van der Waals surface area (Å²) in [6.07, 6.45) is 5.49. The molecule has 1 aliphatic carbocycles. The van der Waals surface area contributed by atoms with Crippen LogP contribution in [0.4, 0.5) is 0 Å². The Bertz CT molecular complexity index is 216. The lowest BCUT2D eigenvalue weighted by atomic mass is 10.1. The molecule has 1 saturated heterocycles. The smallest absolute Gasteiger partial charge is 0.233 e. The molecule has 3 atom stereocenters. The highest BCUT2D eigenvalue weighted by atomic mass is 32.2. The zero-order valence-electron chi connectivity index (χ0n) is 8.37. The van der Waals surface area contributed by atoms with E-state index in [0.717, 1.165) is 31.4 Å². The molecule has 0 aromatic rings. The molecule has 80 valence electrons. The minimum atomic E-state index is 0.186. The van der Waals surface area contributed by atoms with Crippen LogP contribution in [0.2, 0.25) is 0 Å². The average molecular weight is 214 g/mol. The van der Waals surface area contributed by atoms with Crippen molar-refractivity contribution in [3.8, 4) is 0 Å². The molecule has 3 unspecified atom stereocenters. The van der Waals surface area contributed by atoms with Gasteiger partial charge in [0.2, 0.25) is 5.91 Å².